The molecule has 0 aliphatic carbocycles. The number of carbonyl (C=O) groups excluding carboxylic acids is 1. The predicted molar refractivity (Wildman–Crippen MR) is 119 cm³/mol. The quantitative estimate of drug-likeness (QED) is 0.456. The van der Waals surface area contributed by atoms with Gasteiger partial charge >= 0.3 is 5.69 Å². The summed E-state index contributed by atoms with van der Waals surface area (Å²) in [6, 6.07) is 11.1. The van der Waals surface area contributed by atoms with Crippen molar-refractivity contribution in [2.45, 2.75) is 13.1 Å². The highest BCUT2D eigenvalue weighted by atomic mass is 32.1. The standard InChI is InChI=1S/C21H21N5O4S/c1-23-19-18(20(28)24(2)21(23)29)25(13-22-19)12-17(27)26(11-16-5-4-10-31-16)14-6-8-15(30-3)9-7-14/h4-10,13H,11-12H2,1-3H3. The van der Waals surface area contributed by atoms with Gasteiger partial charge in [-0.1, -0.05) is 6.07 Å². The van der Waals surface area contributed by atoms with E-state index < -0.39 is 11.2 Å². The van der Waals surface area contributed by atoms with E-state index in [-0.39, 0.29) is 23.6 Å². The van der Waals surface area contributed by atoms with Crippen LogP contribution < -0.4 is 20.9 Å². The summed E-state index contributed by atoms with van der Waals surface area (Å²) in [4.78, 5) is 45.1. The molecule has 0 aliphatic heterocycles. The van der Waals surface area contributed by atoms with Crippen LogP contribution >= 0.6 is 11.3 Å². The summed E-state index contributed by atoms with van der Waals surface area (Å²) in [6.45, 7) is 0.299. The van der Waals surface area contributed by atoms with Crippen LogP contribution in [0.2, 0.25) is 0 Å². The van der Waals surface area contributed by atoms with E-state index in [1.165, 1.54) is 22.5 Å². The maximum absolute atomic E-state index is 13.4. The van der Waals surface area contributed by atoms with Crippen molar-refractivity contribution in [3.63, 3.8) is 0 Å². The van der Waals surface area contributed by atoms with Crippen LogP contribution in [-0.2, 0) is 32.0 Å². The molecule has 0 atom stereocenters. The maximum Gasteiger partial charge on any atom is 0.332 e. The van der Waals surface area contributed by atoms with Gasteiger partial charge in [0.1, 0.15) is 12.3 Å². The van der Waals surface area contributed by atoms with E-state index in [1.807, 2.05) is 29.6 Å². The van der Waals surface area contributed by atoms with E-state index in [9.17, 15) is 14.4 Å². The van der Waals surface area contributed by atoms with Crippen LogP contribution in [0.25, 0.3) is 11.2 Å². The number of anilines is 1. The highest BCUT2D eigenvalue weighted by Gasteiger charge is 2.21. The van der Waals surface area contributed by atoms with Gasteiger partial charge in [-0.15, -0.1) is 11.3 Å². The topological polar surface area (TPSA) is 91.4 Å². The number of methoxy groups -OCH3 is 1. The lowest BCUT2D eigenvalue weighted by Crippen LogP contribution is -2.38. The molecule has 9 nitrogen and oxygen atoms in total. The van der Waals surface area contributed by atoms with Gasteiger partial charge in [-0.2, -0.15) is 0 Å². The van der Waals surface area contributed by atoms with E-state index in [0.29, 0.717) is 18.0 Å². The zero-order chi connectivity index (χ0) is 22.1. The average molecular weight is 439 g/mol. The molecule has 0 spiro atoms. The molecule has 0 aliphatic rings. The van der Waals surface area contributed by atoms with E-state index in [1.54, 1.807) is 42.5 Å². The number of aryl methyl sites for hydroxylation is 1. The Balaban J connectivity index is 1.72. The zero-order valence-electron chi connectivity index (χ0n) is 17.3. The van der Waals surface area contributed by atoms with Gasteiger partial charge in [0.15, 0.2) is 11.2 Å². The van der Waals surface area contributed by atoms with Gasteiger partial charge in [0.2, 0.25) is 5.91 Å². The fourth-order valence-electron chi connectivity index (χ4n) is 3.39. The molecule has 0 N–H and O–H groups in total. The molecule has 4 aromatic rings. The third-order valence-corrected chi connectivity index (χ3v) is 5.96. The summed E-state index contributed by atoms with van der Waals surface area (Å²) in [6.07, 6.45) is 1.42. The lowest BCUT2D eigenvalue weighted by molar-refractivity contribution is -0.119. The van der Waals surface area contributed by atoms with Gasteiger partial charge < -0.3 is 14.2 Å². The molecular weight excluding hydrogens is 418 g/mol. The third-order valence-electron chi connectivity index (χ3n) is 5.10. The summed E-state index contributed by atoms with van der Waals surface area (Å²) >= 11 is 1.56. The number of hydrogen-bond donors (Lipinski definition) is 0. The number of amides is 1. The number of thiophene rings is 1. The van der Waals surface area contributed by atoms with Crippen LogP contribution in [0.1, 0.15) is 4.88 Å². The Hall–Kier alpha value is -3.66. The SMILES string of the molecule is COc1ccc(N(Cc2cccs2)C(=O)Cn2cnc3c2c(=O)n(C)c(=O)n3C)cc1. The first-order valence-corrected chi connectivity index (χ1v) is 10.4. The zero-order valence-corrected chi connectivity index (χ0v) is 18.1. The van der Waals surface area contributed by atoms with Gasteiger partial charge in [0, 0.05) is 24.7 Å². The van der Waals surface area contributed by atoms with Crippen LogP contribution in [0.4, 0.5) is 5.69 Å². The number of rotatable bonds is 6. The molecule has 0 saturated heterocycles. The predicted octanol–water partition coefficient (Wildman–Crippen LogP) is 1.74. The van der Waals surface area contributed by atoms with Crippen molar-refractivity contribution < 1.29 is 9.53 Å². The van der Waals surface area contributed by atoms with Crippen molar-refractivity contribution >= 4 is 34.1 Å². The highest BCUT2D eigenvalue weighted by Crippen LogP contribution is 2.23. The van der Waals surface area contributed by atoms with Crippen molar-refractivity contribution in [3.8, 4) is 5.75 Å². The Morgan fingerprint density at radius 3 is 2.52 bits per heavy atom. The highest BCUT2D eigenvalue weighted by molar-refractivity contribution is 7.09. The first-order chi connectivity index (χ1) is 14.9. The summed E-state index contributed by atoms with van der Waals surface area (Å²) < 4.78 is 9.01. The Bertz CT molecular complexity index is 1350. The lowest BCUT2D eigenvalue weighted by atomic mass is 10.2. The van der Waals surface area contributed by atoms with Crippen LogP contribution in [0, 0.1) is 0 Å². The summed E-state index contributed by atoms with van der Waals surface area (Å²) in [7, 11) is 4.54. The van der Waals surface area contributed by atoms with Crippen LogP contribution in [-0.4, -0.2) is 31.7 Å². The first-order valence-electron chi connectivity index (χ1n) is 9.48. The molecule has 0 fully saturated rings. The van der Waals surface area contributed by atoms with E-state index in [4.69, 9.17) is 4.74 Å². The van der Waals surface area contributed by atoms with Crippen LogP contribution in [0.3, 0.4) is 0 Å². The largest absolute Gasteiger partial charge is 0.497 e. The number of benzene rings is 1. The van der Waals surface area contributed by atoms with Crippen LogP contribution in [0.5, 0.6) is 5.75 Å². The molecule has 10 heteroatoms. The Labute approximate surface area is 181 Å². The molecule has 4 rings (SSSR count). The fourth-order valence-corrected chi connectivity index (χ4v) is 4.08. The molecule has 160 valence electrons. The van der Waals surface area contributed by atoms with Gasteiger partial charge in [-0.3, -0.25) is 18.7 Å². The van der Waals surface area contributed by atoms with Gasteiger partial charge in [0.05, 0.1) is 20.0 Å². The smallest absolute Gasteiger partial charge is 0.332 e. The Kier molecular flexibility index (Phi) is 5.47. The Morgan fingerprint density at radius 1 is 1.13 bits per heavy atom. The number of imidazole rings is 1. The van der Waals surface area contributed by atoms with Crippen molar-refractivity contribution in [1.82, 2.24) is 18.7 Å². The molecule has 3 aromatic heterocycles. The third kappa shape index (κ3) is 3.77. The number of fused-ring (bicyclic) bond motifs is 1. The van der Waals surface area contributed by atoms with E-state index >= 15 is 0 Å². The second-order valence-corrected chi connectivity index (χ2v) is 8.04. The van der Waals surface area contributed by atoms with Crippen molar-refractivity contribution in [2.24, 2.45) is 14.1 Å². The van der Waals surface area contributed by atoms with Gasteiger partial charge in [0.25, 0.3) is 5.56 Å². The second kappa shape index (κ2) is 8.23. The van der Waals surface area contributed by atoms with Crippen LogP contribution in [0.15, 0.2) is 57.7 Å². The molecule has 0 bridgehead atoms. The van der Waals surface area contributed by atoms with Crippen molar-refractivity contribution in [1.29, 1.82) is 0 Å². The summed E-state index contributed by atoms with van der Waals surface area (Å²) in [5, 5.41) is 1.96. The van der Waals surface area contributed by atoms with Crippen molar-refractivity contribution in [2.75, 3.05) is 12.0 Å². The minimum atomic E-state index is -0.488. The molecule has 3 heterocycles. The number of hydrogen-bond acceptors (Lipinski definition) is 6. The average Bonchev–Trinajstić information content (AvgIpc) is 3.44. The number of carbonyl (C=O) groups is 1. The van der Waals surface area contributed by atoms with Gasteiger partial charge in [-0.05, 0) is 35.7 Å². The molecule has 1 aromatic carbocycles. The number of nitrogens with zero attached hydrogens (tertiary/aromatic N) is 5. The minimum absolute atomic E-state index is 0.0959. The summed E-state index contributed by atoms with van der Waals surface area (Å²) in [5.74, 6) is 0.478. The monoisotopic (exact) mass is 439 g/mol. The molecule has 0 unspecified atom stereocenters. The van der Waals surface area contributed by atoms with E-state index in [2.05, 4.69) is 4.98 Å². The fraction of sp³-hybridized carbons (Fsp3) is 0.238. The molecular formula is C21H21N5O4S. The molecule has 31 heavy (non-hydrogen) atoms. The van der Waals surface area contributed by atoms with Crippen molar-refractivity contribution in [3.05, 3.63) is 73.8 Å². The summed E-state index contributed by atoms with van der Waals surface area (Å²) in [5.41, 5.74) is 0.215. The second-order valence-electron chi connectivity index (χ2n) is 7.01. The Morgan fingerprint density at radius 2 is 1.87 bits per heavy atom. The number of aromatic nitrogens is 4. The minimum Gasteiger partial charge on any atom is -0.497 e. The molecule has 0 saturated carbocycles. The maximum atomic E-state index is 13.4. The molecule has 1 amide bonds. The lowest BCUT2D eigenvalue weighted by Gasteiger charge is -2.23. The first kappa shape index (κ1) is 20.6. The van der Waals surface area contributed by atoms with Gasteiger partial charge in [-0.25, -0.2) is 9.78 Å². The van der Waals surface area contributed by atoms with E-state index in [0.717, 1.165) is 9.44 Å². The molecule has 0 radical (unpaired) electrons. The number of ether oxygens (including phenoxy) is 1. The normalized spacial score (nSPS) is 11.1.